The van der Waals surface area contributed by atoms with E-state index >= 15 is 0 Å². The van der Waals surface area contributed by atoms with Crippen LogP contribution in [0.15, 0.2) is 12.1 Å². The lowest BCUT2D eigenvalue weighted by Crippen LogP contribution is -2.35. The van der Waals surface area contributed by atoms with Crippen LogP contribution in [0.4, 0.5) is 0 Å². The lowest BCUT2D eigenvalue weighted by Gasteiger charge is -2.18. The third kappa shape index (κ3) is 4.90. The summed E-state index contributed by atoms with van der Waals surface area (Å²) in [5.74, 6) is 0.135. The number of likely N-dealkylation sites (N-methyl/N-ethyl adjacent to an activating group) is 1. The number of hydrogen-bond donors (Lipinski definition) is 1. The van der Waals surface area contributed by atoms with Crippen LogP contribution < -0.4 is 10.1 Å². The van der Waals surface area contributed by atoms with E-state index < -0.39 is 0 Å². The smallest absolute Gasteiger partial charge is 0.255 e. The second kappa shape index (κ2) is 9.29. The molecule has 1 rings (SSSR count). The number of nitriles is 1. The standard InChI is InChI=1S/C16H22ClN3O2/c1-4-20(5-2)8-7-19-16(21)13-9-12(11-18)14(17)10-15(13)22-6-3/h9-10H,4-8H2,1-3H3,(H,19,21). The van der Waals surface area contributed by atoms with Gasteiger partial charge in [-0.3, -0.25) is 4.79 Å². The van der Waals surface area contributed by atoms with Crippen LogP contribution in [0.1, 0.15) is 36.7 Å². The first-order chi connectivity index (χ1) is 10.6. The van der Waals surface area contributed by atoms with Crippen molar-refractivity contribution in [3.63, 3.8) is 0 Å². The predicted octanol–water partition coefficient (Wildman–Crippen LogP) is 2.68. The first-order valence-electron chi connectivity index (χ1n) is 7.44. The largest absolute Gasteiger partial charge is 0.493 e. The van der Waals surface area contributed by atoms with Crippen LogP contribution in [0.2, 0.25) is 5.02 Å². The Bertz CT molecular complexity index is 551. The second-order valence-corrected chi connectivity index (χ2v) is 5.06. The van der Waals surface area contributed by atoms with Gasteiger partial charge in [0.15, 0.2) is 0 Å². The van der Waals surface area contributed by atoms with Gasteiger partial charge < -0.3 is 15.0 Å². The van der Waals surface area contributed by atoms with Crippen LogP contribution in [0.5, 0.6) is 5.75 Å². The monoisotopic (exact) mass is 323 g/mol. The molecule has 5 nitrogen and oxygen atoms in total. The first kappa shape index (κ1) is 18.3. The van der Waals surface area contributed by atoms with E-state index in [0.717, 1.165) is 19.6 Å². The van der Waals surface area contributed by atoms with Crippen molar-refractivity contribution in [3.8, 4) is 11.8 Å². The number of carbonyl (C=O) groups is 1. The SMILES string of the molecule is CCOc1cc(Cl)c(C#N)cc1C(=O)NCCN(CC)CC. The third-order valence-corrected chi connectivity index (χ3v) is 3.65. The molecule has 0 aliphatic heterocycles. The quantitative estimate of drug-likeness (QED) is 0.798. The summed E-state index contributed by atoms with van der Waals surface area (Å²) in [6, 6.07) is 4.97. The fourth-order valence-corrected chi connectivity index (χ4v) is 2.25. The molecule has 22 heavy (non-hydrogen) atoms. The normalized spacial score (nSPS) is 10.4. The van der Waals surface area contributed by atoms with Gasteiger partial charge in [0.2, 0.25) is 0 Å². The van der Waals surface area contributed by atoms with Gasteiger partial charge >= 0.3 is 0 Å². The summed E-state index contributed by atoms with van der Waals surface area (Å²) in [6.45, 7) is 9.61. The van der Waals surface area contributed by atoms with E-state index in [1.165, 1.54) is 12.1 Å². The molecule has 0 heterocycles. The van der Waals surface area contributed by atoms with E-state index in [0.29, 0.717) is 24.5 Å². The highest BCUT2D eigenvalue weighted by atomic mass is 35.5. The Morgan fingerprint density at radius 2 is 2.05 bits per heavy atom. The molecular weight excluding hydrogens is 302 g/mol. The molecule has 0 unspecified atom stereocenters. The van der Waals surface area contributed by atoms with E-state index in [2.05, 4.69) is 24.1 Å². The Morgan fingerprint density at radius 1 is 1.36 bits per heavy atom. The number of carbonyl (C=O) groups excluding carboxylic acids is 1. The van der Waals surface area contributed by atoms with Crippen LogP contribution in [0.3, 0.4) is 0 Å². The van der Waals surface area contributed by atoms with E-state index in [9.17, 15) is 4.79 Å². The van der Waals surface area contributed by atoms with Crippen molar-refractivity contribution in [1.29, 1.82) is 5.26 Å². The summed E-state index contributed by atoms with van der Waals surface area (Å²) in [5.41, 5.74) is 0.598. The average molecular weight is 324 g/mol. The predicted molar refractivity (Wildman–Crippen MR) is 87.5 cm³/mol. The minimum atomic E-state index is -0.260. The Balaban J connectivity index is 2.85. The summed E-state index contributed by atoms with van der Waals surface area (Å²) >= 11 is 5.98. The minimum Gasteiger partial charge on any atom is -0.493 e. The summed E-state index contributed by atoms with van der Waals surface area (Å²) in [7, 11) is 0. The Labute approximate surface area is 136 Å². The molecule has 0 aliphatic carbocycles. The van der Waals surface area contributed by atoms with Crippen molar-refractivity contribution < 1.29 is 9.53 Å². The minimum absolute atomic E-state index is 0.260. The number of ether oxygens (including phenoxy) is 1. The number of halogens is 1. The van der Waals surface area contributed by atoms with Gasteiger partial charge in [0, 0.05) is 19.2 Å². The molecule has 0 saturated heterocycles. The molecule has 0 aliphatic rings. The van der Waals surface area contributed by atoms with Gasteiger partial charge in [-0.2, -0.15) is 5.26 Å². The molecular formula is C16H22ClN3O2. The van der Waals surface area contributed by atoms with Crippen molar-refractivity contribution in [2.24, 2.45) is 0 Å². The van der Waals surface area contributed by atoms with Gasteiger partial charge in [0.1, 0.15) is 11.8 Å². The lowest BCUT2D eigenvalue weighted by molar-refractivity contribution is 0.0945. The fraction of sp³-hybridized carbons (Fsp3) is 0.500. The number of benzene rings is 1. The molecule has 0 radical (unpaired) electrons. The van der Waals surface area contributed by atoms with E-state index in [1.54, 1.807) is 0 Å². The first-order valence-corrected chi connectivity index (χ1v) is 7.82. The van der Waals surface area contributed by atoms with Crippen molar-refractivity contribution in [2.45, 2.75) is 20.8 Å². The maximum Gasteiger partial charge on any atom is 0.255 e. The Morgan fingerprint density at radius 3 is 2.59 bits per heavy atom. The van der Waals surface area contributed by atoms with Gasteiger partial charge in [-0.05, 0) is 26.1 Å². The molecule has 0 aromatic heterocycles. The van der Waals surface area contributed by atoms with E-state index in [4.69, 9.17) is 21.6 Å². The second-order valence-electron chi connectivity index (χ2n) is 4.66. The third-order valence-electron chi connectivity index (χ3n) is 3.34. The van der Waals surface area contributed by atoms with Crippen molar-refractivity contribution in [1.82, 2.24) is 10.2 Å². The highest BCUT2D eigenvalue weighted by molar-refractivity contribution is 6.32. The highest BCUT2D eigenvalue weighted by Crippen LogP contribution is 2.27. The molecule has 0 atom stereocenters. The molecule has 1 aromatic carbocycles. The number of nitrogens with zero attached hydrogens (tertiary/aromatic N) is 2. The van der Waals surface area contributed by atoms with Crippen LogP contribution in [-0.2, 0) is 0 Å². The Kier molecular flexibility index (Phi) is 7.72. The number of nitrogens with one attached hydrogen (secondary N) is 1. The molecule has 120 valence electrons. The van der Waals surface area contributed by atoms with Crippen LogP contribution >= 0.6 is 11.6 Å². The maximum atomic E-state index is 12.3. The molecule has 0 spiro atoms. The van der Waals surface area contributed by atoms with Crippen molar-refractivity contribution in [2.75, 3.05) is 32.8 Å². The van der Waals surface area contributed by atoms with Crippen molar-refractivity contribution >= 4 is 17.5 Å². The average Bonchev–Trinajstić information content (AvgIpc) is 2.52. The summed E-state index contributed by atoms with van der Waals surface area (Å²) in [6.07, 6.45) is 0. The van der Waals surface area contributed by atoms with E-state index in [1.807, 2.05) is 13.0 Å². The molecule has 6 heteroatoms. The van der Waals surface area contributed by atoms with Gasteiger partial charge in [-0.1, -0.05) is 25.4 Å². The molecule has 1 N–H and O–H groups in total. The summed E-state index contributed by atoms with van der Waals surface area (Å²) in [5, 5.41) is 12.2. The zero-order valence-electron chi connectivity index (χ0n) is 13.3. The number of rotatable bonds is 8. The van der Waals surface area contributed by atoms with Gasteiger partial charge in [0.05, 0.1) is 22.8 Å². The van der Waals surface area contributed by atoms with Crippen LogP contribution in [0, 0.1) is 11.3 Å². The van der Waals surface area contributed by atoms with Crippen molar-refractivity contribution in [3.05, 3.63) is 28.3 Å². The van der Waals surface area contributed by atoms with Gasteiger partial charge in [0.25, 0.3) is 5.91 Å². The summed E-state index contributed by atoms with van der Waals surface area (Å²) < 4.78 is 5.44. The number of hydrogen-bond acceptors (Lipinski definition) is 4. The Hall–Kier alpha value is -1.77. The molecule has 1 aromatic rings. The molecule has 0 bridgehead atoms. The molecule has 0 fully saturated rings. The zero-order valence-corrected chi connectivity index (χ0v) is 14.0. The zero-order chi connectivity index (χ0) is 16.5. The topological polar surface area (TPSA) is 65.4 Å². The maximum absolute atomic E-state index is 12.3. The van der Waals surface area contributed by atoms with Gasteiger partial charge in [-0.25, -0.2) is 0 Å². The van der Waals surface area contributed by atoms with Crippen LogP contribution in [0.25, 0.3) is 0 Å². The van der Waals surface area contributed by atoms with E-state index in [-0.39, 0.29) is 16.5 Å². The molecule has 0 saturated carbocycles. The van der Waals surface area contributed by atoms with Crippen LogP contribution in [-0.4, -0.2) is 43.6 Å². The lowest BCUT2D eigenvalue weighted by atomic mass is 10.1. The highest BCUT2D eigenvalue weighted by Gasteiger charge is 2.16. The number of amides is 1. The van der Waals surface area contributed by atoms with Gasteiger partial charge in [-0.15, -0.1) is 0 Å². The summed E-state index contributed by atoms with van der Waals surface area (Å²) in [4.78, 5) is 14.5. The fourth-order valence-electron chi connectivity index (χ4n) is 2.06. The molecule has 1 amide bonds.